The molecule has 2 aliphatic heterocycles. The van der Waals surface area contributed by atoms with Crippen LogP contribution in [0.1, 0.15) is 25.0 Å². The maximum absolute atomic E-state index is 12.2. The molecule has 1 aromatic rings. The molecule has 0 aromatic carbocycles. The van der Waals surface area contributed by atoms with Gasteiger partial charge in [0.2, 0.25) is 5.91 Å². The van der Waals surface area contributed by atoms with E-state index >= 15 is 0 Å². The summed E-state index contributed by atoms with van der Waals surface area (Å²) in [6.45, 7) is 1.36. The van der Waals surface area contributed by atoms with Crippen molar-refractivity contribution in [3.8, 4) is 0 Å². The normalized spacial score (nSPS) is 26.8. The second kappa shape index (κ2) is 5.20. The number of nitrogens with zero attached hydrogens (tertiary/aromatic N) is 2. The third kappa shape index (κ3) is 2.38. The van der Waals surface area contributed by atoms with Gasteiger partial charge >= 0.3 is 0 Å². The molecule has 0 bridgehead atoms. The van der Waals surface area contributed by atoms with Crippen LogP contribution in [0.5, 0.6) is 0 Å². The number of hydrogen-bond acceptors (Lipinski definition) is 4. The van der Waals surface area contributed by atoms with Gasteiger partial charge in [0.15, 0.2) is 5.78 Å². The Morgan fingerprint density at radius 3 is 3.05 bits per heavy atom. The molecule has 106 valence electrons. The molecule has 1 aromatic heterocycles. The minimum Gasteiger partial charge on any atom is -0.367 e. The number of hydrogen-bond donors (Lipinski definition) is 1. The number of aromatic nitrogens is 2. The van der Waals surface area contributed by atoms with Crippen LogP contribution in [0.3, 0.4) is 0 Å². The zero-order chi connectivity index (χ0) is 14.0. The molecule has 1 amide bonds. The van der Waals surface area contributed by atoms with Crippen molar-refractivity contribution in [2.24, 2.45) is 0 Å². The first-order valence-corrected chi connectivity index (χ1v) is 6.82. The monoisotopic (exact) mass is 275 g/mol. The summed E-state index contributed by atoms with van der Waals surface area (Å²) >= 11 is 0. The first-order valence-electron chi connectivity index (χ1n) is 6.82. The van der Waals surface area contributed by atoms with Gasteiger partial charge in [-0.1, -0.05) is 0 Å². The van der Waals surface area contributed by atoms with Gasteiger partial charge in [0.25, 0.3) is 0 Å². The standard InChI is InChI=1S/C14H17N3O3/c18-12-9-17(6-5-14(12)4-1-7-20-14)13(19)3-2-11-8-15-10-16-11/h2-3,8,10H,1,4-7,9H2,(H,15,16)/b3-2+. The predicted molar refractivity (Wildman–Crippen MR) is 71.7 cm³/mol. The highest BCUT2D eigenvalue weighted by Crippen LogP contribution is 2.33. The van der Waals surface area contributed by atoms with Gasteiger partial charge in [-0.3, -0.25) is 9.59 Å². The number of imidazole rings is 1. The molecule has 0 radical (unpaired) electrons. The number of ether oxygens (including phenoxy) is 1. The zero-order valence-corrected chi connectivity index (χ0v) is 11.2. The number of H-pyrrole nitrogens is 1. The van der Waals surface area contributed by atoms with E-state index in [9.17, 15) is 9.59 Å². The number of nitrogens with one attached hydrogen (secondary N) is 1. The molecule has 6 nitrogen and oxygen atoms in total. The van der Waals surface area contributed by atoms with Crippen LogP contribution in [0.4, 0.5) is 0 Å². The van der Waals surface area contributed by atoms with Gasteiger partial charge in [-0.15, -0.1) is 0 Å². The number of rotatable bonds is 2. The van der Waals surface area contributed by atoms with Crippen LogP contribution in [0, 0.1) is 0 Å². The number of likely N-dealkylation sites (tertiary alicyclic amines) is 1. The van der Waals surface area contributed by atoms with Gasteiger partial charge in [-0.25, -0.2) is 4.98 Å². The van der Waals surface area contributed by atoms with Gasteiger partial charge in [0.05, 0.1) is 24.8 Å². The summed E-state index contributed by atoms with van der Waals surface area (Å²) < 4.78 is 5.62. The highest BCUT2D eigenvalue weighted by Gasteiger charge is 2.46. The molecule has 20 heavy (non-hydrogen) atoms. The fourth-order valence-corrected chi connectivity index (χ4v) is 2.78. The maximum Gasteiger partial charge on any atom is 0.247 e. The number of piperidine rings is 1. The van der Waals surface area contributed by atoms with Crippen LogP contribution in [-0.2, 0) is 14.3 Å². The van der Waals surface area contributed by atoms with Gasteiger partial charge in [-0.2, -0.15) is 0 Å². The van der Waals surface area contributed by atoms with Crippen LogP contribution in [0.15, 0.2) is 18.6 Å². The Morgan fingerprint density at radius 1 is 1.50 bits per heavy atom. The topological polar surface area (TPSA) is 75.3 Å². The molecule has 0 aliphatic carbocycles. The lowest BCUT2D eigenvalue weighted by molar-refractivity contribution is -0.151. The molecule has 3 rings (SSSR count). The van der Waals surface area contributed by atoms with Crippen LogP contribution < -0.4 is 0 Å². The first kappa shape index (κ1) is 13.1. The number of ketones is 1. The Balaban J connectivity index is 1.62. The quantitative estimate of drug-likeness (QED) is 0.809. The molecule has 1 N–H and O–H groups in total. The van der Waals surface area contributed by atoms with E-state index in [1.54, 1.807) is 23.5 Å². The lowest BCUT2D eigenvalue weighted by atomic mass is 9.87. The molecule has 3 heterocycles. The Labute approximate surface area is 116 Å². The summed E-state index contributed by atoms with van der Waals surface area (Å²) in [6.07, 6.45) is 8.64. The largest absolute Gasteiger partial charge is 0.367 e. The van der Waals surface area contributed by atoms with Crippen molar-refractivity contribution in [2.75, 3.05) is 19.7 Å². The number of amides is 1. The second-order valence-electron chi connectivity index (χ2n) is 5.22. The highest BCUT2D eigenvalue weighted by atomic mass is 16.5. The first-order chi connectivity index (χ1) is 9.70. The molecule has 1 unspecified atom stereocenters. The van der Waals surface area contributed by atoms with Gasteiger partial charge in [0.1, 0.15) is 5.60 Å². The molecule has 6 heteroatoms. The Bertz CT molecular complexity index is 530. The van der Waals surface area contributed by atoms with Crippen molar-refractivity contribution >= 4 is 17.8 Å². The molecule has 2 saturated heterocycles. The predicted octanol–water partition coefficient (Wildman–Crippen LogP) is 0.773. The van der Waals surface area contributed by atoms with E-state index in [1.165, 1.54) is 6.08 Å². The lowest BCUT2D eigenvalue weighted by Crippen LogP contribution is -2.53. The van der Waals surface area contributed by atoms with Gasteiger partial charge < -0.3 is 14.6 Å². The lowest BCUT2D eigenvalue weighted by Gasteiger charge is -2.36. The van der Waals surface area contributed by atoms with E-state index < -0.39 is 5.60 Å². The average molecular weight is 275 g/mol. The van der Waals surface area contributed by atoms with Gasteiger partial charge in [0, 0.05) is 25.6 Å². The summed E-state index contributed by atoms with van der Waals surface area (Å²) in [7, 11) is 0. The maximum atomic E-state index is 12.2. The summed E-state index contributed by atoms with van der Waals surface area (Å²) in [6, 6.07) is 0. The fourth-order valence-electron chi connectivity index (χ4n) is 2.78. The Hall–Kier alpha value is -1.95. The third-order valence-electron chi connectivity index (χ3n) is 3.97. The molecule has 1 atom stereocenters. The molecular formula is C14H17N3O3. The fraction of sp³-hybridized carbons (Fsp3) is 0.500. The van der Waals surface area contributed by atoms with Crippen molar-refractivity contribution in [2.45, 2.75) is 24.9 Å². The van der Waals surface area contributed by atoms with Crippen molar-refractivity contribution in [1.82, 2.24) is 14.9 Å². The highest BCUT2D eigenvalue weighted by molar-refractivity contribution is 5.97. The van der Waals surface area contributed by atoms with Crippen LogP contribution in [-0.4, -0.2) is 51.9 Å². The minimum absolute atomic E-state index is 0.0320. The molecule has 1 spiro atoms. The summed E-state index contributed by atoms with van der Waals surface area (Å²) in [5.74, 6) is -0.120. The van der Waals surface area contributed by atoms with Crippen molar-refractivity contribution < 1.29 is 14.3 Å². The zero-order valence-electron chi connectivity index (χ0n) is 11.2. The van der Waals surface area contributed by atoms with Crippen molar-refractivity contribution in [1.29, 1.82) is 0 Å². The summed E-state index contributed by atoms with van der Waals surface area (Å²) in [5, 5.41) is 0. The van der Waals surface area contributed by atoms with E-state index in [-0.39, 0.29) is 18.2 Å². The second-order valence-corrected chi connectivity index (χ2v) is 5.22. The molecule has 2 fully saturated rings. The van der Waals surface area contributed by atoms with E-state index in [0.717, 1.165) is 18.5 Å². The summed E-state index contributed by atoms with van der Waals surface area (Å²) in [4.78, 5) is 32.6. The van der Waals surface area contributed by atoms with Crippen LogP contribution in [0.2, 0.25) is 0 Å². The van der Waals surface area contributed by atoms with E-state index in [4.69, 9.17) is 4.74 Å². The number of aromatic amines is 1. The average Bonchev–Trinajstić information content (AvgIpc) is 3.11. The van der Waals surface area contributed by atoms with E-state index in [1.807, 2.05) is 0 Å². The van der Waals surface area contributed by atoms with Crippen LogP contribution in [0.25, 0.3) is 6.08 Å². The SMILES string of the molecule is O=C(/C=C/c1cnc[nH]1)N1CCC2(CCCO2)C(=O)C1. The Morgan fingerprint density at radius 2 is 2.40 bits per heavy atom. The number of carbonyl (C=O) groups excluding carboxylic acids is 2. The van der Waals surface area contributed by atoms with Crippen molar-refractivity contribution in [3.05, 3.63) is 24.3 Å². The van der Waals surface area contributed by atoms with Crippen molar-refractivity contribution in [3.63, 3.8) is 0 Å². The smallest absolute Gasteiger partial charge is 0.247 e. The van der Waals surface area contributed by atoms with E-state index in [0.29, 0.717) is 19.6 Å². The van der Waals surface area contributed by atoms with Crippen LogP contribution >= 0.6 is 0 Å². The van der Waals surface area contributed by atoms with Gasteiger partial charge in [-0.05, 0) is 18.9 Å². The number of Topliss-reactive ketones (excluding diaryl/α,β-unsaturated/α-hetero) is 1. The Kier molecular flexibility index (Phi) is 3.40. The minimum atomic E-state index is -0.607. The van der Waals surface area contributed by atoms with E-state index in [2.05, 4.69) is 9.97 Å². The third-order valence-corrected chi connectivity index (χ3v) is 3.97. The molecule has 2 aliphatic rings. The number of carbonyl (C=O) groups is 2. The molecule has 0 saturated carbocycles. The molecular weight excluding hydrogens is 258 g/mol. The summed E-state index contributed by atoms with van der Waals surface area (Å²) in [5.41, 5.74) is 0.154.